The lowest BCUT2D eigenvalue weighted by Gasteiger charge is -2.15. The second kappa shape index (κ2) is 8.64. The van der Waals surface area contributed by atoms with Crippen molar-refractivity contribution in [3.05, 3.63) is 100 Å². The molecule has 160 valence electrons. The van der Waals surface area contributed by atoms with Crippen LogP contribution in [0.3, 0.4) is 0 Å². The smallest absolute Gasteiger partial charge is 0.283 e. The Morgan fingerprint density at radius 3 is 2.38 bits per heavy atom. The summed E-state index contributed by atoms with van der Waals surface area (Å²) in [6.45, 7) is 1.89. The molecule has 0 aromatic heterocycles. The number of benzene rings is 3. The van der Waals surface area contributed by atoms with Gasteiger partial charge in [-0.3, -0.25) is 14.4 Å². The molecule has 1 aliphatic heterocycles. The average Bonchev–Trinajstić information content (AvgIpc) is 2.99. The largest absolute Gasteiger partial charge is 0.350 e. The van der Waals surface area contributed by atoms with Gasteiger partial charge < -0.3 is 10.6 Å². The molecule has 8 heteroatoms. The number of carbonyl (C=O) groups is 3. The maximum Gasteiger partial charge on any atom is 0.283 e. The summed E-state index contributed by atoms with van der Waals surface area (Å²) < 4.78 is 13.2. The Morgan fingerprint density at radius 1 is 0.938 bits per heavy atom. The minimum Gasteiger partial charge on any atom is -0.350 e. The Kier molecular flexibility index (Phi) is 5.75. The minimum absolute atomic E-state index is 0.127. The maximum atomic E-state index is 13.2. The van der Waals surface area contributed by atoms with Crippen LogP contribution < -0.4 is 15.5 Å². The summed E-state index contributed by atoms with van der Waals surface area (Å²) in [6, 6.07) is 18.8. The van der Waals surface area contributed by atoms with Crippen molar-refractivity contribution < 1.29 is 18.8 Å². The third kappa shape index (κ3) is 4.10. The van der Waals surface area contributed by atoms with Crippen molar-refractivity contribution in [2.24, 2.45) is 0 Å². The first-order valence-corrected chi connectivity index (χ1v) is 10.0. The molecule has 0 aliphatic carbocycles. The fourth-order valence-electron chi connectivity index (χ4n) is 3.23. The molecule has 1 heterocycles. The number of halogens is 2. The van der Waals surface area contributed by atoms with Gasteiger partial charge >= 0.3 is 0 Å². The lowest BCUT2D eigenvalue weighted by molar-refractivity contribution is -0.120. The number of amides is 3. The fraction of sp³-hybridized carbons (Fsp3) is 0.0417. The van der Waals surface area contributed by atoms with Gasteiger partial charge in [-0.05, 0) is 61.0 Å². The zero-order valence-electron chi connectivity index (χ0n) is 16.9. The molecule has 1 aliphatic rings. The number of aryl methyl sites for hydroxylation is 1. The minimum atomic E-state index is -0.723. The van der Waals surface area contributed by atoms with Crippen LogP contribution in [0.2, 0.25) is 0 Å². The molecule has 0 fully saturated rings. The van der Waals surface area contributed by atoms with Crippen molar-refractivity contribution in [2.75, 3.05) is 15.5 Å². The number of imide groups is 1. The first-order valence-electron chi connectivity index (χ1n) is 9.63. The van der Waals surface area contributed by atoms with Crippen molar-refractivity contribution in [1.29, 1.82) is 0 Å². The molecular weight excluding hydrogens is 433 g/mol. The summed E-state index contributed by atoms with van der Waals surface area (Å²) in [5, 5.41) is 5.38. The van der Waals surface area contributed by atoms with Crippen molar-refractivity contribution in [3.63, 3.8) is 0 Å². The quantitative estimate of drug-likeness (QED) is 0.547. The van der Waals surface area contributed by atoms with Crippen LogP contribution in [0.5, 0.6) is 0 Å². The summed E-state index contributed by atoms with van der Waals surface area (Å²) in [4.78, 5) is 38.9. The third-order valence-electron chi connectivity index (χ3n) is 4.90. The molecule has 0 atom stereocenters. The van der Waals surface area contributed by atoms with E-state index in [1.807, 2.05) is 25.1 Å². The van der Waals surface area contributed by atoms with Crippen LogP contribution in [-0.4, -0.2) is 17.7 Å². The number of hydrogen-bond donors (Lipinski definition) is 2. The van der Waals surface area contributed by atoms with E-state index in [2.05, 4.69) is 10.6 Å². The number of nitrogens with one attached hydrogen (secondary N) is 2. The van der Waals surface area contributed by atoms with Gasteiger partial charge in [0.25, 0.3) is 17.7 Å². The molecule has 3 aromatic carbocycles. The lowest BCUT2D eigenvalue weighted by atomic mass is 10.1. The highest BCUT2D eigenvalue weighted by Crippen LogP contribution is 2.30. The Bertz CT molecular complexity index is 1270. The van der Waals surface area contributed by atoms with E-state index in [4.69, 9.17) is 11.6 Å². The van der Waals surface area contributed by atoms with Crippen molar-refractivity contribution in [3.8, 4) is 0 Å². The summed E-state index contributed by atoms with van der Waals surface area (Å²) in [5.74, 6) is -2.23. The third-order valence-corrected chi connectivity index (χ3v) is 5.25. The molecule has 3 amide bonds. The maximum absolute atomic E-state index is 13.2. The Hall–Kier alpha value is -3.97. The Morgan fingerprint density at radius 2 is 1.66 bits per heavy atom. The number of hydrogen-bond acceptors (Lipinski definition) is 4. The van der Waals surface area contributed by atoms with Gasteiger partial charge in [0.15, 0.2) is 0 Å². The highest BCUT2D eigenvalue weighted by molar-refractivity contribution is 6.53. The molecule has 0 radical (unpaired) electrons. The summed E-state index contributed by atoms with van der Waals surface area (Å²) in [6.07, 6.45) is 0. The van der Waals surface area contributed by atoms with E-state index in [1.54, 1.807) is 30.3 Å². The molecule has 0 unspecified atom stereocenters. The number of para-hydroxylation sites is 1. The lowest BCUT2D eigenvalue weighted by Crippen LogP contribution is -2.32. The van der Waals surface area contributed by atoms with Gasteiger partial charge in [-0.2, -0.15) is 0 Å². The molecule has 3 aromatic rings. The Balaban J connectivity index is 1.55. The zero-order chi connectivity index (χ0) is 22.8. The predicted octanol–water partition coefficient (Wildman–Crippen LogP) is 4.82. The van der Waals surface area contributed by atoms with E-state index >= 15 is 0 Å². The van der Waals surface area contributed by atoms with Gasteiger partial charge in [0, 0.05) is 16.9 Å². The first kappa shape index (κ1) is 21.3. The van der Waals surface area contributed by atoms with Crippen molar-refractivity contribution in [2.45, 2.75) is 6.92 Å². The van der Waals surface area contributed by atoms with Gasteiger partial charge in [-0.1, -0.05) is 35.9 Å². The summed E-state index contributed by atoms with van der Waals surface area (Å²) in [5.41, 5.74) is 2.43. The van der Waals surface area contributed by atoms with Gasteiger partial charge in [0.05, 0.1) is 5.69 Å². The van der Waals surface area contributed by atoms with Crippen LogP contribution in [-0.2, 0) is 9.59 Å². The van der Waals surface area contributed by atoms with Gasteiger partial charge in [0.1, 0.15) is 16.5 Å². The SMILES string of the molecule is Cc1ccccc1NC(=O)c1cccc(NC2=C(Cl)C(=O)N(c3ccc(F)cc3)C2=O)c1. The molecule has 4 rings (SSSR count). The highest BCUT2D eigenvalue weighted by atomic mass is 35.5. The molecule has 32 heavy (non-hydrogen) atoms. The monoisotopic (exact) mass is 449 g/mol. The molecular formula is C24H17ClFN3O3. The van der Waals surface area contributed by atoms with Crippen molar-refractivity contribution >= 4 is 46.4 Å². The van der Waals surface area contributed by atoms with Crippen LogP contribution in [0.15, 0.2) is 83.5 Å². The van der Waals surface area contributed by atoms with E-state index in [9.17, 15) is 18.8 Å². The van der Waals surface area contributed by atoms with Gasteiger partial charge in [0.2, 0.25) is 0 Å². The number of rotatable bonds is 5. The fourth-order valence-corrected chi connectivity index (χ4v) is 3.44. The van der Waals surface area contributed by atoms with E-state index in [1.165, 1.54) is 12.1 Å². The molecule has 2 N–H and O–H groups in total. The van der Waals surface area contributed by atoms with Gasteiger partial charge in [-0.15, -0.1) is 0 Å². The van der Waals surface area contributed by atoms with Crippen LogP contribution in [0.25, 0.3) is 0 Å². The molecule has 0 bridgehead atoms. The molecule has 0 saturated carbocycles. The van der Waals surface area contributed by atoms with E-state index in [0.29, 0.717) is 16.9 Å². The van der Waals surface area contributed by atoms with Crippen LogP contribution in [0.4, 0.5) is 21.5 Å². The van der Waals surface area contributed by atoms with Gasteiger partial charge in [-0.25, -0.2) is 9.29 Å². The number of anilines is 3. The van der Waals surface area contributed by atoms with Crippen LogP contribution in [0.1, 0.15) is 15.9 Å². The Labute approximate surface area is 188 Å². The highest BCUT2D eigenvalue weighted by Gasteiger charge is 2.39. The van der Waals surface area contributed by atoms with Crippen molar-refractivity contribution in [1.82, 2.24) is 0 Å². The standard InChI is InChI=1S/C24H17ClFN3O3/c1-14-5-2-3-8-19(14)28-22(30)15-6-4-7-17(13-15)27-21-20(25)23(31)29(24(21)32)18-11-9-16(26)10-12-18/h2-13,27H,1H3,(H,28,30). The zero-order valence-corrected chi connectivity index (χ0v) is 17.6. The van der Waals surface area contributed by atoms with Crippen LogP contribution >= 0.6 is 11.6 Å². The van der Waals surface area contributed by atoms with Crippen LogP contribution in [0, 0.1) is 12.7 Å². The second-order valence-electron chi connectivity index (χ2n) is 7.09. The molecule has 0 spiro atoms. The normalized spacial score (nSPS) is 13.5. The van der Waals surface area contributed by atoms with E-state index < -0.39 is 17.6 Å². The summed E-state index contributed by atoms with van der Waals surface area (Å²) >= 11 is 6.13. The number of carbonyl (C=O) groups excluding carboxylic acids is 3. The average molecular weight is 450 g/mol. The second-order valence-corrected chi connectivity index (χ2v) is 7.46. The van der Waals surface area contributed by atoms with E-state index in [-0.39, 0.29) is 22.3 Å². The molecule has 0 saturated heterocycles. The van der Waals surface area contributed by atoms with E-state index in [0.717, 1.165) is 22.6 Å². The first-order chi connectivity index (χ1) is 15.3. The topological polar surface area (TPSA) is 78.5 Å². The predicted molar refractivity (Wildman–Crippen MR) is 121 cm³/mol. The molecule has 6 nitrogen and oxygen atoms in total. The number of nitrogens with zero attached hydrogens (tertiary/aromatic N) is 1. The summed E-state index contributed by atoms with van der Waals surface area (Å²) in [7, 11) is 0.